The molecule has 0 fully saturated rings. The summed E-state index contributed by atoms with van der Waals surface area (Å²) in [5, 5.41) is 0.535. The van der Waals surface area contributed by atoms with Gasteiger partial charge in [-0.2, -0.15) is 0 Å². The predicted octanol–water partition coefficient (Wildman–Crippen LogP) is 2.91. The first kappa shape index (κ1) is 17.2. The summed E-state index contributed by atoms with van der Waals surface area (Å²) in [5.74, 6) is 0.960. The van der Waals surface area contributed by atoms with E-state index in [1.165, 1.54) is 11.1 Å². The van der Waals surface area contributed by atoms with Crippen molar-refractivity contribution in [3.05, 3.63) is 58.1 Å². The zero-order chi connectivity index (χ0) is 18.1. The standard InChI is InChI=1S/C20H21ClN2O3/c21-16-8-13(9-18-19(16)26-7-3-6-25-18)11-23-12-15-5-2-1-4-14(15)10-17(23)20(22)24/h1-2,4-5,8-9,17H,3,6-7,10-12H2,(H2,22,24)/t17-/m0/s1. The quantitative estimate of drug-likeness (QED) is 0.899. The summed E-state index contributed by atoms with van der Waals surface area (Å²) < 4.78 is 11.5. The first-order valence-corrected chi connectivity index (χ1v) is 9.18. The normalized spacial score (nSPS) is 19.5. The van der Waals surface area contributed by atoms with Gasteiger partial charge >= 0.3 is 0 Å². The van der Waals surface area contributed by atoms with Crippen molar-refractivity contribution in [3.8, 4) is 11.5 Å². The molecule has 0 aliphatic carbocycles. The van der Waals surface area contributed by atoms with Crippen molar-refractivity contribution in [3.63, 3.8) is 0 Å². The van der Waals surface area contributed by atoms with E-state index in [2.05, 4.69) is 17.0 Å². The second kappa shape index (κ2) is 7.17. The third kappa shape index (κ3) is 3.37. The second-order valence-corrected chi connectivity index (χ2v) is 7.16. The molecular formula is C20H21ClN2O3. The van der Waals surface area contributed by atoms with Crippen LogP contribution in [0.1, 0.15) is 23.1 Å². The van der Waals surface area contributed by atoms with E-state index in [0.29, 0.717) is 49.2 Å². The minimum Gasteiger partial charge on any atom is -0.489 e. The van der Waals surface area contributed by atoms with Gasteiger partial charge in [0.1, 0.15) is 0 Å². The number of benzene rings is 2. The summed E-state index contributed by atoms with van der Waals surface area (Å²) in [6.07, 6.45) is 1.46. The molecule has 4 rings (SSSR count). The van der Waals surface area contributed by atoms with E-state index < -0.39 is 0 Å². The van der Waals surface area contributed by atoms with Gasteiger partial charge in [-0.1, -0.05) is 35.9 Å². The SMILES string of the molecule is NC(=O)[C@@H]1Cc2ccccc2CN1Cc1cc(Cl)c2c(c1)OCCCO2. The zero-order valence-electron chi connectivity index (χ0n) is 14.4. The number of nitrogens with zero attached hydrogens (tertiary/aromatic N) is 1. The van der Waals surface area contributed by atoms with Gasteiger partial charge < -0.3 is 15.2 Å². The van der Waals surface area contributed by atoms with Crippen LogP contribution in [-0.2, 0) is 24.3 Å². The highest BCUT2D eigenvalue weighted by Gasteiger charge is 2.30. The fourth-order valence-electron chi connectivity index (χ4n) is 3.63. The molecule has 6 heteroatoms. The summed E-state index contributed by atoms with van der Waals surface area (Å²) in [6.45, 7) is 2.45. The number of fused-ring (bicyclic) bond motifs is 2. The molecule has 2 aliphatic heterocycles. The summed E-state index contributed by atoms with van der Waals surface area (Å²) in [7, 11) is 0. The van der Waals surface area contributed by atoms with Gasteiger partial charge in [-0.25, -0.2) is 0 Å². The lowest BCUT2D eigenvalue weighted by molar-refractivity contribution is -0.124. The molecule has 2 aromatic carbocycles. The Labute approximate surface area is 157 Å². The van der Waals surface area contributed by atoms with E-state index in [1.807, 2.05) is 24.3 Å². The minimum atomic E-state index is -0.334. The lowest BCUT2D eigenvalue weighted by Crippen LogP contribution is -2.48. The fraction of sp³-hybridized carbons (Fsp3) is 0.350. The average molecular weight is 373 g/mol. The maximum atomic E-state index is 12.0. The van der Waals surface area contributed by atoms with E-state index in [0.717, 1.165) is 12.0 Å². The monoisotopic (exact) mass is 372 g/mol. The van der Waals surface area contributed by atoms with Crippen LogP contribution in [-0.4, -0.2) is 30.1 Å². The summed E-state index contributed by atoms with van der Waals surface area (Å²) >= 11 is 6.40. The molecule has 2 aromatic rings. The van der Waals surface area contributed by atoms with Crippen molar-refractivity contribution in [2.75, 3.05) is 13.2 Å². The maximum Gasteiger partial charge on any atom is 0.235 e. The lowest BCUT2D eigenvalue weighted by atomic mass is 9.93. The maximum absolute atomic E-state index is 12.0. The lowest BCUT2D eigenvalue weighted by Gasteiger charge is -2.35. The minimum absolute atomic E-state index is 0.306. The van der Waals surface area contributed by atoms with Gasteiger partial charge in [0.05, 0.1) is 24.3 Å². The number of halogens is 1. The number of hydrogen-bond donors (Lipinski definition) is 1. The van der Waals surface area contributed by atoms with E-state index in [-0.39, 0.29) is 11.9 Å². The van der Waals surface area contributed by atoms with Crippen LogP contribution >= 0.6 is 11.6 Å². The number of carbonyl (C=O) groups is 1. The van der Waals surface area contributed by atoms with Gasteiger partial charge in [-0.15, -0.1) is 0 Å². The van der Waals surface area contributed by atoms with E-state index in [9.17, 15) is 4.79 Å². The van der Waals surface area contributed by atoms with Crippen LogP contribution in [0.2, 0.25) is 5.02 Å². The average Bonchev–Trinajstić information content (AvgIpc) is 2.87. The van der Waals surface area contributed by atoms with Gasteiger partial charge in [0.25, 0.3) is 0 Å². The van der Waals surface area contributed by atoms with Crippen LogP contribution in [0, 0.1) is 0 Å². The molecule has 0 saturated carbocycles. The molecular weight excluding hydrogens is 352 g/mol. The summed E-state index contributed by atoms with van der Waals surface area (Å²) in [6, 6.07) is 11.7. The Morgan fingerprint density at radius 3 is 2.77 bits per heavy atom. The third-order valence-electron chi connectivity index (χ3n) is 4.92. The molecule has 0 bridgehead atoms. The number of carbonyl (C=O) groups excluding carboxylic acids is 1. The molecule has 0 aromatic heterocycles. The summed E-state index contributed by atoms with van der Waals surface area (Å²) in [5.41, 5.74) is 9.07. The highest BCUT2D eigenvalue weighted by molar-refractivity contribution is 6.32. The van der Waals surface area contributed by atoms with Crippen molar-refractivity contribution in [2.45, 2.75) is 32.0 Å². The van der Waals surface area contributed by atoms with Crippen LogP contribution in [0.15, 0.2) is 36.4 Å². The molecule has 0 radical (unpaired) electrons. The van der Waals surface area contributed by atoms with E-state index in [4.69, 9.17) is 26.8 Å². The van der Waals surface area contributed by atoms with Crippen molar-refractivity contribution in [2.24, 2.45) is 5.73 Å². The van der Waals surface area contributed by atoms with Crippen molar-refractivity contribution >= 4 is 17.5 Å². The molecule has 1 amide bonds. The molecule has 0 saturated heterocycles. The first-order valence-electron chi connectivity index (χ1n) is 8.80. The Balaban J connectivity index is 1.62. The van der Waals surface area contributed by atoms with Crippen LogP contribution in [0.25, 0.3) is 0 Å². The molecule has 0 unspecified atom stereocenters. The molecule has 5 nitrogen and oxygen atoms in total. The van der Waals surface area contributed by atoms with Crippen LogP contribution in [0.3, 0.4) is 0 Å². The topological polar surface area (TPSA) is 64.8 Å². The highest BCUT2D eigenvalue weighted by atomic mass is 35.5. The fourth-order valence-corrected chi connectivity index (χ4v) is 3.92. The van der Waals surface area contributed by atoms with E-state index in [1.54, 1.807) is 0 Å². The Morgan fingerprint density at radius 1 is 1.19 bits per heavy atom. The Kier molecular flexibility index (Phi) is 4.74. The number of hydrogen-bond acceptors (Lipinski definition) is 4. The smallest absolute Gasteiger partial charge is 0.235 e. The predicted molar refractivity (Wildman–Crippen MR) is 99.4 cm³/mol. The number of ether oxygens (including phenoxy) is 2. The van der Waals surface area contributed by atoms with Crippen LogP contribution in [0.5, 0.6) is 11.5 Å². The second-order valence-electron chi connectivity index (χ2n) is 6.75. The largest absolute Gasteiger partial charge is 0.489 e. The number of nitrogens with two attached hydrogens (primary N) is 1. The first-order chi connectivity index (χ1) is 12.6. The zero-order valence-corrected chi connectivity index (χ0v) is 15.2. The molecule has 2 N–H and O–H groups in total. The Bertz CT molecular complexity index is 840. The molecule has 136 valence electrons. The molecule has 0 spiro atoms. The van der Waals surface area contributed by atoms with Gasteiger partial charge in [0.15, 0.2) is 11.5 Å². The molecule has 26 heavy (non-hydrogen) atoms. The summed E-state index contributed by atoms with van der Waals surface area (Å²) in [4.78, 5) is 14.1. The van der Waals surface area contributed by atoms with Crippen molar-refractivity contribution in [1.29, 1.82) is 0 Å². The molecule has 2 heterocycles. The highest BCUT2D eigenvalue weighted by Crippen LogP contribution is 2.38. The number of amides is 1. The van der Waals surface area contributed by atoms with Gasteiger partial charge in [0.2, 0.25) is 5.91 Å². The van der Waals surface area contributed by atoms with Crippen molar-refractivity contribution < 1.29 is 14.3 Å². The van der Waals surface area contributed by atoms with Crippen LogP contribution in [0.4, 0.5) is 0 Å². The van der Waals surface area contributed by atoms with Gasteiger partial charge in [-0.3, -0.25) is 9.69 Å². The third-order valence-corrected chi connectivity index (χ3v) is 5.20. The molecule has 1 atom stereocenters. The number of rotatable bonds is 3. The van der Waals surface area contributed by atoms with Crippen molar-refractivity contribution in [1.82, 2.24) is 4.90 Å². The van der Waals surface area contributed by atoms with E-state index >= 15 is 0 Å². The van der Waals surface area contributed by atoms with Crippen LogP contribution < -0.4 is 15.2 Å². The van der Waals surface area contributed by atoms with Gasteiger partial charge in [-0.05, 0) is 35.2 Å². The Hall–Kier alpha value is -2.24. The molecule has 2 aliphatic rings. The number of primary amides is 1. The van der Waals surface area contributed by atoms with Gasteiger partial charge in [0, 0.05) is 19.5 Å². The Morgan fingerprint density at radius 2 is 1.96 bits per heavy atom.